The molecule has 1 aromatic carbocycles. The SMILES string of the molecule is CC(C)(C)OCN1CC(N)C(c2ccc(F)cc2)C1. The largest absolute Gasteiger partial charge is 0.360 e. The highest BCUT2D eigenvalue weighted by Crippen LogP contribution is 2.27. The van der Waals surface area contributed by atoms with Gasteiger partial charge in [0.25, 0.3) is 0 Å². The van der Waals surface area contributed by atoms with Crippen molar-refractivity contribution in [2.45, 2.75) is 38.3 Å². The van der Waals surface area contributed by atoms with Crippen molar-refractivity contribution in [3.63, 3.8) is 0 Å². The molecule has 1 heterocycles. The van der Waals surface area contributed by atoms with Crippen molar-refractivity contribution in [1.82, 2.24) is 4.90 Å². The average molecular weight is 266 g/mol. The lowest BCUT2D eigenvalue weighted by atomic mass is 9.95. The smallest absolute Gasteiger partial charge is 0.123 e. The van der Waals surface area contributed by atoms with Crippen LogP contribution in [0, 0.1) is 5.82 Å². The molecule has 1 aromatic rings. The molecule has 0 saturated carbocycles. The van der Waals surface area contributed by atoms with Gasteiger partial charge in [-0.05, 0) is 38.5 Å². The molecule has 0 radical (unpaired) electrons. The van der Waals surface area contributed by atoms with Crippen LogP contribution in [0.5, 0.6) is 0 Å². The van der Waals surface area contributed by atoms with Gasteiger partial charge in [-0.3, -0.25) is 4.90 Å². The van der Waals surface area contributed by atoms with Gasteiger partial charge in [-0.15, -0.1) is 0 Å². The Kier molecular flexibility index (Phi) is 4.23. The minimum absolute atomic E-state index is 0.0778. The lowest BCUT2D eigenvalue weighted by Gasteiger charge is -2.24. The predicted octanol–water partition coefficient (Wildman–Crippen LogP) is 2.32. The van der Waals surface area contributed by atoms with Gasteiger partial charge in [-0.2, -0.15) is 0 Å². The molecule has 0 spiro atoms. The van der Waals surface area contributed by atoms with Gasteiger partial charge in [-0.25, -0.2) is 4.39 Å². The van der Waals surface area contributed by atoms with Crippen LogP contribution in [0.2, 0.25) is 0 Å². The number of hydrogen-bond donors (Lipinski definition) is 1. The monoisotopic (exact) mass is 266 g/mol. The Bertz CT molecular complexity index is 413. The van der Waals surface area contributed by atoms with Crippen LogP contribution in [-0.2, 0) is 4.74 Å². The van der Waals surface area contributed by atoms with E-state index in [9.17, 15) is 4.39 Å². The van der Waals surface area contributed by atoms with E-state index < -0.39 is 0 Å². The van der Waals surface area contributed by atoms with Gasteiger partial charge >= 0.3 is 0 Å². The number of nitrogens with two attached hydrogens (primary N) is 1. The maximum absolute atomic E-state index is 12.9. The van der Waals surface area contributed by atoms with Crippen molar-refractivity contribution >= 4 is 0 Å². The molecule has 2 atom stereocenters. The zero-order valence-corrected chi connectivity index (χ0v) is 11.9. The summed E-state index contributed by atoms with van der Waals surface area (Å²) in [6.07, 6.45) is 0. The molecular weight excluding hydrogens is 243 g/mol. The van der Waals surface area contributed by atoms with Crippen LogP contribution in [0.25, 0.3) is 0 Å². The van der Waals surface area contributed by atoms with E-state index in [1.165, 1.54) is 12.1 Å². The molecule has 0 amide bonds. The minimum atomic E-state index is -0.205. The Morgan fingerprint density at radius 3 is 2.47 bits per heavy atom. The van der Waals surface area contributed by atoms with Gasteiger partial charge < -0.3 is 10.5 Å². The van der Waals surface area contributed by atoms with Crippen LogP contribution in [0.3, 0.4) is 0 Å². The third-order valence-electron chi connectivity index (χ3n) is 3.42. The van der Waals surface area contributed by atoms with Crippen molar-refractivity contribution in [2.75, 3.05) is 19.8 Å². The number of hydrogen-bond acceptors (Lipinski definition) is 3. The molecule has 4 heteroatoms. The van der Waals surface area contributed by atoms with E-state index in [4.69, 9.17) is 10.5 Å². The third-order valence-corrected chi connectivity index (χ3v) is 3.42. The molecule has 0 bridgehead atoms. The maximum atomic E-state index is 12.9. The summed E-state index contributed by atoms with van der Waals surface area (Å²) >= 11 is 0. The molecule has 1 aliphatic rings. The first-order valence-electron chi connectivity index (χ1n) is 6.72. The summed E-state index contributed by atoms with van der Waals surface area (Å²) in [5.41, 5.74) is 7.15. The Morgan fingerprint density at radius 1 is 1.26 bits per heavy atom. The first kappa shape index (κ1) is 14.4. The van der Waals surface area contributed by atoms with Crippen LogP contribution in [0.15, 0.2) is 24.3 Å². The van der Waals surface area contributed by atoms with Gasteiger partial charge in [0.1, 0.15) is 5.82 Å². The number of ether oxygens (including phenoxy) is 1. The van der Waals surface area contributed by atoms with E-state index >= 15 is 0 Å². The lowest BCUT2D eigenvalue weighted by molar-refractivity contribution is -0.0572. The highest BCUT2D eigenvalue weighted by atomic mass is 19.1. The summed E-state index contributed by atoms with van der Waals surface area (Å²) < 4.78 is 18.7. The number of rotatable bonds is 3. The van der Waals surface area contributed by atoms with Crippen LogP contribution < -0.4 is 5.73 Å². The maximum Gasteiger partial charge on any atom is 0.123 e. The summed E-state index contributed by atoms with van der Waals surface area (Å²) in [7, 11) is 0. The molecule has 1 fully saturated rings. The first-order valence-corrected chi connectivity index (χ1v) is 6.72. The Morgan fingerprint density at radius 2 is 1.89 bits per heavy atom. The normalized spacial score (nSPS) is 24.9. The fourth-order valence-electron chi connectivity index (χ4n) is 2.37. The van der Waals surface area contributed by atoms with E-state index in [-0.39, 0.29) is 23.4 Å². The number of benzene rings is 1. The quantitative estimate of drug-likeness (QED) is 0.912. The average Bonchev–Trinajstić information content (AvgIpc) is 2.68. The van der Waals surface area contributed by atoms with Crippen molar-refractivity contribution in [1.29, 1.82) is 0 Å². The third kappa shape index (κ3) is 4.00. The zero-order valence-electron chi connectivity index (χ0n) is 11.9. The Hall–Kier alpha value is -0.970. The second kappa shape index (κ2) is 5.57. The van der Waals surface area contributed by atoms with Crippen LogP contribution >= 0.6 is 0 Å². The molecule has 0 aromatic heterocycles. The van der Waals surface area contributed by atoms with Gasteiger partial charge in [0.15, 0.2) is 0 Å². The van der Waals surface area contributed by atoms with E-state index in [0.717, 1.165) is 18.7 Å². The van der Waals surface area contributed by atoms with Gasteiger partial charge in [-0.1, -0.05) is 12.1 Å². The number of halogens is 1. The molecule has 2 rings (SSSR count). The van der Waals surface area contributed by atoms with E-state index in [0.29, 0.717) is 6.73 Å². The van der Waals surface area contributed by atoms with Crippen LogP contribution in [-0.4, -0.2) is 36.4 Å². The second-order valence-electron chi connectivity index (χ2n) is 6.24. The van der Waals surface area contributed by atoms with Crippen molar-refractivity contribution < 1.29 is 9.13 Å². The van der Waals surface area contributed by atoms with E-state index in [2.05, 4.69) is 4.90 Å². The molecule has 3 nitrogen and oxygen atoms in total. The van der Waals surface area contributed by atoms with Crippen molar-refractivity contribution in [3.05, 3.63) is 35.6 Å². The molecular formula is C15H23FN2O. The summed E-state index contributed by atoms with van der Waals surface area (Å²) in [5.74, 6) is 0.0485. The number of nitrogens with zero attached hydrogens (tertiary/aromatic N) is 1. The van der Waals surface area contributed by atoms with Crippen molar-refractivity contribution in [2.24, 2.45) is 5.73 Å². The van der Waals surface area contributed by atoms with Gasteiger partial charge in [0.05, 0.1) is 12.3 Å². The van der Waals surface area contributed by atoms with Crippen LogP contribution in [0.4, 0.5) is 4.39 Å². The first-order chi connectivity index (χ1) is 8.85. The Labute approximate surface area is 114 Å². The zero-order chi connectivity index (χ0) is 14.0. The van der Waals surface area contributed by atoms with Crippen molar-refractivity contribution in [3.8, 4) is 0 Å². The minimum Gasteiger partial charge on any atom is -0.360 e. The summed E-state index contributed by atoms with van der Waals surface area (Å²) in [6.45, 7) is 8.40. The van der Waals surface area contributed by atoms with Gasteiger partial charge in [0, 0.05) is 25.0 Å². The molecule has 19 heavy (non-hydrogen) atoms. The summed E-state index contributed by atoms with van der Waals surface area (Å²) in [6, 6.07) is 6.73. The molecule has 2 N–H and O–H groups in total. The highest BCUT2D eigenvalue weighted by Gasteiger charge is 2.31. The Balaban J connectivity index is 1.96. The van der Waals surface area contributed by atoms with E-state index in [1.54, 1.807) is 0 Å². The predicted molar refractivity (Wildman–Crippen MR) is 74.4 cm³/mol. The number of likely N-dealkylation sites (tertiary alicyclic amines) is 1. The highest BCUT2D eigenvalue weighted by molar-refractivity contribution is 5.24. The standard InChI is InChI=1S/C15H23FN2O/c1-15(2,3)19-10-18-8-13(14(17)9-18)11-4-6-12(16)7-5-11/h4-7,13-14H,8-10,17H2,1-3H3. The summed E-state index contributed by atoms with van der Waals surface area (Å²) in [4.78, 5) is 2.21. The fraction of sp³-hybridized carbons (Fsp3) is 0.600. The molecule has 1 saturated heterocycles. The molecule has 0 aliphatic carbocycles. The lowest BCUT2D eigenvalue weighted by Crippen LogP contribution is -2.32. The van der Waals surface area contributed by atoms with Gasteiger partial charge in [0.2, 0.25) is 0 Å². The van der Waals surface area contributed by atoms with Crippen LogP contribution in [0.1, 0.15) is 32.3 Å². The molecule has 106 valence electrons. The topological polar surface area (TPSA) is 38.5 Å². The molecule has 2 unspecified atom stereocenters. The molecule has 1 aliphatic heterocycles. The summed E-state index contributed by atoms with van der Waals surface area (Å²) in [5, 5.41) is 0. The fourth-order valence-corrected chi connectivity index (χ4v) is 2.37. The van der Waals surface area contributed by atoms with E-state index in [1.807, 2.05) is 32.9 Å². The second-order valence-corrected chi connectivity index (χ2v) is 6.24.